The first kappa shape index (κ1) is 22.8. The molecule has 0 aliphatic carbocycles. The fourth-order valence-corrected chi connectivity index (χ4v) is 3.76. The molecule has 0 bridgehead atoms. The highest BCUT2D eigenvalue weighted by molar-refractivity contribution is 9.10. The highest BCUT2D eigenvalue weighted by Gasteiger charge is 2.12. The minimum atomic E-state index is -0.193. The lowest BCUT2D eigenvalue weighted by Gasteiger charge is -2.08. The molecule has 2 heterocycles. The molecule has 0 unspecified atom stereocenters. The van der Waals surface area contributed by atoms with Gasteiger partial charge in [-0.25, -0.2) is 4.68 Å². The van der Waals surface area contributed by atoms with Crippen molar-refractivity contribution in [2.45, 2.75) is 40.5 Å². The van der Waals surface area contributed by atoms with Crippen LogP contribution in [0.5, 0.6) is 5.75 Å². The summed E-state index contributed by atoms with van der Waals surface area (Å²) in [5.74, 6) is 0.585. The van der Waals surface area contributed by atoms with Gasteiger partial charge in [0.15, 0.2) is 6.73 Å². The van der Waals surface area contributed by atoms with E-state index in [1.165, 1.54) is 5.56 Å². The number of carbonyl (C=O) groups excluding carboxylic acids is 1. The number of aryl methyl sites for hydroxylation is 2. The van der Waals surface area contributed by atoms with Crippen molar-refractivity contribution in [2.24, 2.45) is 0 Å². The first-order valence-electron chi connectivity index (χ1n) is 10.8. The van der Waals surface area contributed by atoms with Gasteiger partial charge in [-0.1, -0.05) is 31.2 Å². The van der Waals surface area contributed by atoms with Gasteiger partial charge in [-0.3, -0.25) is 9.48 Å². The Kier molecular flexibility index (Phi) is 6.93. The van der Waals surface area contributed by atoms with Crippen molar-refractivity contribution in [2.75, 3.05) is 5.32 Å². The molecule has 7 nitrogen and oxygen atoms in total. The standard InChI is InChI=1S/C25H26BrN5O2/c1-4-19-8-10-23(11-9-19)33-16-30-15-22(13-27-30)28-25(32)21-7-5-6-20(12-21)14-31-18(3)24(26)17(2)29-31/h5-13,15H,4,14,16H2,1-3H3,(H,28,32). The summed E-state index contributed by atoms with van der Waals surface area (Å²) in [5.41, 5.74) is 5.45. The molecule has 1 amide bonds. The summed E-state index contributed by atoms with van der Waals surface area (Å²) in [6, 6.07) is 15.5. The molecule has 4 aromatic rings. The van der Waals surface area contributed by atoms with Crippen LogP contribution in [0.15, 0.2) is 65.4 Å². The molecule has 0 saturated heterocycles. The Morgan fingerprint density at radius 3 is 2.61 bits per heavy atom. The van der Waals surface area contributed by atoms with Crippen LogP contribution in [-0.4, -0.2) is 25.5 Å². The molecule has 4 rings (SSSR count). The van der Waals surface area contributed by atoms with Crippen LogP contribution in [0.4, 0.5) is 5.69 Å². The van der Waals surface area contributed by atoms with E-state index in [1.807, 2.05) is 61.0 Å². The molecular formula is C25H26BrN5O2. The first-order chi connectivity index (χ1) is 15.9. The van der Waals surface area contributed by atoms with E-state index >= 15 is 0 Å². The van der Waals surface area contributed by atoms with E-state index in [-0.39, 0.29) is 12.6 Å². The van der Waals surface area contributed by atoms with Crippen molar-refractivity contribution in [3.63, 3.8) is 0 Å². The maximum absolute atomic E-state index is 12.8. The van der Waals surface area contributed by atoms with Crippen LogP contribution in [0.3, 0.4) is 0 Å². The number of rotatable bonds is 8. The number of aromatic nitrogens is 4. The van der Waals surface area contributed by atoms with Gasteiger partial charge in [0, 0.05) is 5.56 Å². The number of ether oxygens (including phenoxy) is 1. The predicted molar refractivity (Wildman–Crippen MR) is 132 cm³/mol. The van der Waals surface area contributed by atoms with E-state index < -0.39 is 0 Å². The van der Waals surface area contributed by atoms with E-state index in [0.717, 1.165) is 33.6 Å². The molecule has 2 aromatic heterocycles. The molecule has 2 aromatic carbocycles. The minimum absolute atomic E-state index is 0.193. The van der Waals surface area contributed by atoms with E-state index in [1.54, 1.807) is 23.1 Å². The Morgan fingerprint density at radius 1 is 1.12 bits per heavy atom. The normalized spacial score (nSPS) is 10.9. The third-order valence-electron chi connectivity index (χ3n) is 5.40. The number of halogens is 1. The number of benzene rings is 2. The highest BCUT2D eigenvalue weighted by Crippen LogP contribution is 2.21. The van der Waals surface area contributed by atoms with Gasteiger partial charge >= 0.3 is 0 Å². The molecule has 0 aliphatic heterocycles. The van der Waals surface area contributed by atoms with Crippen LogP contribution in [0.2, 0.25) is 0 Å². The molecule has 0 saturated carbocycles. The van der Waals surface area contributed by atoms with Crippen molar-refractivity contribution in [1.82, 2.24) is 19.6 Å². The number of nitrogens with one attached hydrogen (secondary N) is 1. The van der Waals surface area contributed by atoms with Crippen molar-refractivity contribution in [1.29, 1.82) is 0 Å². The third-order valence-corrected chi connectivity index (χ3v) is 6.55. The molecule has 33 heavy (non-hydrogen) atoms. The zero-order valence-electron chi connectivity index (χ0n) is 18.9. The molecule has 0 radical (unpaired) electrons. The van der Waals surface area contributed by atoms with Crippen LogP contribution >= 0.6 is 15.9 Å². The van der Waals surface area contributed by atoms with Gasteiger partial charge in [0.25, 0.3) is 5.91 Å². The van der Waals surface area contributed by atoms with Crippen LogP contribution in [0.25, 0.3) is 0 Å². The summed E-state index contributed by atoms with van der Waals surface area (Å²) in [6.45, 7) is 6.95. The number of hydrogen-bond donors (Lipinski definition) is 1. The number of carbonyl (C=O) groups is 1. The summed E-state index contributed by atoms with van der Waals surface area (Å²) in [7, 11) is 0. The van der Waals surface area contributed by atoms with Gasteiger partial charge in [0.05, 0.1) is 40.5 Å². The molecule has 8 heteroatoms. The monoisotopic (exact) mass is 507 g/mol. The van der Waals surface area contributed by atoms with Crippen molar-refractivity contribution >= 4 is 27.5 Å². The number of hydrogen-bond acceptors (Lipinski definition) is 4. The van der Waals surface area contributed by atoms with Crippen LogP contribution in [0, 0.1) is 13.8 Å². The highest BCUT2D eigenvalue weighted by atomic mass is 79.9. The minimum Gasteiger partial charge on any atom is -0.471 e. The topological polar surface area (TPSA) is 74.0 Å². The van der Waals surface area contributed by atoms with Crippen molar-refractivity contribution in [3.05, 3.63) is 93.5 Å². The Hall–Kier alpha value is -3.39. The fraction of sp³-hybridized carbons (Fsp3) is 0.240. The SMILES string of the molecule is CCc1ccc(OCn2cc(NC(=O)c3cccc(Cn4nc(C)c(Br)c4C)c3)cn2)cc1. The molecular weight excluding hydrogens is 482 g/mol. The Bertz CT molecular complexity index is 1260. The smallest absolute Gasteiger partial charge is 0.255 e. The lowest BCUT2D eigenvalue weighted by atomic mass is 10.1. The summed E-state index contributed by atoms with van der Waals surface area (Å²) in [5, 5.41) is 11.7. The van der Waals surface area contributed by atoms with E-state index in [0.29, 0.717) is 17.8 Å². The lowest BCUT2D eigenvalue weighted by Crippen LogP contribution is -2.12. The number of amides is 1. The zero-order chi connectivity index (χ0) is 23.4. The fourth-order valence-electron chi connectivity index (χ4n) is 3.48. The molecule has 0 fully saturated rings. The maximum atomic E-state index is 12.8. The van der Waals surface area contributed by atoms with Gasteiger partial charge in [0.1, 0.15) is 5.75 Å². The summed E-state index contributed by atoms with van der Waals surface area (Å²) in [6.07, 6.45) is 4.35. The number of anilines is 1. The largest absolute Gasteiger partial charge is 0.471 e. The zero-order valence-corrected chi connectivity index (χ0v) is 20.5. The quantitative estimate of drug-likeness (QED) is 0.348. The Morgan fingerprint density at radius 2 is 1.91 bits per heavy atom. The average Bonchev–Trinajstić information content (AvgIpc) is 3.37. The number of nitrogens with zero attached hydrogens (tertiary/aromatic N) is 4. The summed E-state index contributed by atoms with van der Waals surface area (Å²) < 4.78 is 10.3. The van der Waals surface area contributed by atoms with Crippen LogP contribution < -0.4 is 10.1 Å². The van der Waals surface area contributed by atoms with Gasteiger partial charge in [-0.05, 0) is 71.6 Å². The predicted octanol–water partition coefficient (Wildman–Crippen LogP) is 5.36. The van der Waals surface area contributed by atoms with Crippen LogP contribution in [-0.2, 0) is 19.7 Å². The first-order valence-corrected chi connectivity index (χ1v) is 11.6. The van der Waals surface area contributed by atoms with E-state index in [2.05, 4.69) is 38.4 Å². The molecule has 170 valence electrons. The Balaban J connectivity index is 1.37. The summed E-state index contributed by atoms with van der Waals surface area (Å²) >= 11 is 3.56. The van der Waals surface area contributed by atoms with E-state index in [4.69, 9.17) is 4.74 Å². The van der Waals surface area contributed by atoms with Crippen molar-refractivity contribution < 1.29 is 9.53 Å². The second-order valence-corrected chi connectivity index (χ2v) is 8.63. The van der Waals surface area contributed by atoms with Gasteiger partial charge in [-0.15, -0.1) is 0 Å². The molecule has 0 aliphatic rings. The molecule has 1 N–H and O–H groups in total. The molecule has 0 spiro atoms. The van der Waals surface area contributed by atoms with E-state index in [9.17, 15) is 4.79 Å². The van der Waals surface area contributed by atoms with Gasteiger partial charge in [0.2, 0.25) is 0 Å². The average molecular weight is 508 g/mol. The Labute approximate surface area is 201 Å². The maximum Gasteiger partial charge on any atom is 0.255 e. The lowest BCUT2D eigenvalue weighted by molar-refractivity contribution is 0.102. The van der Waals surface area contributed by atoms with Crippen LogP contribution in [0.1, 0.15) is 39.8 Å². The van der Waals surface area contributed by atoms with Gasteiger partial charge < -0.3 is 10.1 Å². The third kappa shape index (κ3) is 5.51. The van der Waals surface area contributed by atoms with Gasteiger partial charge in [-0.2, -0.15) is 10.2 Å². The second-order valence-electron chi connectivity index (χ2n) is 7.84. The summed E-state index contributed by atoms with van der Waals surface area (Å²) in [4.78, 5) is 12.8. The second kappa shape index (κ2) is 10.0. The molecule has 0 atom stereocenters. The van der Waals surface area contributed by atoms with Crippen molar-refractivity contribution in [3.8, 4) is 5.75 Å².